The molecule has 0 spiro atoms. The number of rotatable bonds is 3. The first-order valence-electron chi connectivity index (χ1n) is 5.68. The summed E-state index contributed by atoms with van der Waals surface area (Å²) in [5.41, 5.74) is 8.93. The van der Waals surface area contributed by atoms with Gasteiger partial charge in [-0.2, -0.15) is 0 Å². The standard InChI is InChI=1S/C14H14ClFN2/c1-9-4-5-18-14(6-9)13(17)8-10-2-3-12(16)11(15)7-10/h2-7,13H,8,17H2,1H3. The first kappa shape index (κ1) is 13.0. The third-order valence-corrected chi connectivity index (χ3v) is 3.05. The molecule has 0 aliphatic carbocycles. The normalized spacial score (nSPS) is 12.4. The van der Waals surface area contributed by atoms with E-state index in [2.05, 4.69) is 4.98 Å². The molecule has 0 saturated carbocycles. The van der Waals surface area contributed by atoms with Crippen molar-refractivity contribution < 1.29 is 4.39 Å². The van der Waals surface area contributed by atoms with Crippen LogP contribution in [-0.2, 0) is 6.42 Å². The van der Waals surface area contributed by atoms with Gasteiger partial charge in [0.1, 0.15) is 5.82 Å². The van der Waals surface area contributed by atoms with E-state index in [1.807, 2.05) is 19.1 Å². The molecular weight excluding hydrogens is 251 g/mol. The predicted molar refractivity (Wildman–Crippen MR) is 71.0 cm³/mol. The van der Waals surface area contributed by atoms with Gasteiger partial charge in [-0.25, -0.2) is 4.39 Å². The quantitative estimate of drug-likeness (QED) is 0.923. The molecule has 94 valence electrons. The van der Waals surface area contributed by atoms with Gasteiger partial charge in [0.2, 0.25) is 0 Å². The van der Waals surface area contributed by atoms with Gasteiger partial charge < -0.3 is 5.73 Å². The average molecular weight is 265 g/mol. The van der Waals surface area contributed by atoms with Gasteiger partial charge in [-0.1, -0.05) is 17.7 Å². The number of pyridine rings is 1. The Hall–Kier alpha value is -1.45. The summed E-state index contributed by atoms with van der Waals surface area (Å²) in [5.74, 6) is -0.414. The van der Waals surface area contributed by atoms with E-state index in [0.717, 1.165) is 16.8 Å². The molecule has 2 aromatic rings. The van der Waals surface area contributed by atoms with E-state index in [0.29, 0.717) is 6.42 Å². The summed E-state index contributed by atoms with van der Waals surface area (Å²) in [7, 11) is 0. The number of benzene rings is 1. The third-order valence-electron chi connectivity index (χ3n) is 2.76. The van der Waals surface area contributed by atoms with Crippen LogP contribution in [0.1, 0.15) is 22.9 Å². The highest BCUT2D eigenvalue weighted by atomic mass is 35.5. The molecule has 1 aromatic heterocycles. The molecule has 1 atom stereocenters. The molecule has 0 aliphatic heterocycles. The van der Waals surface area contributed by atoms with E-state index < -0.39 is 5.82 Å². The van der Waals surface area contributed by atoms with Crippen molar-refractivity contribution in [3.8, 4) is 0 Å². The number of halogens is 2. The Bertz CT molecular complexity index is 557. The molecular formula is C14H14ClFN2. The van der Waals surface area contributed by atoms with Crippen LogP contribution in [0.15, 0.2) is 36.5 Å². The second-order valence-corrected chi connectivity index (χ2v) is 4.72. The van der Waals surface area contributed by atoms with E-state index in [4.69, 9.17) is 17.3 Å². The predicted octanol–water partition coefficient (Wildman–Crippen LogP) is 3.43. The van der Waals surface area contributed by atoms with Gasteiger partial charge >= 0.3 is 0 Å². The summed E-state index contributed by atoms with van der Waals surface area (Å²) in [6.45, 7) is 1.99. The van der Waals surface area contributed by atoms with Crippen LogP contribution in [0.2, 0.25) is 5.02 Å². The molecule has 0 amide bonds. The Labute approximate surface area is 111 Å². The van der Waals surface area contributed by atoms with Crippen molar-refractivity contribution in [3.05, 3.63) is 64.2 Å². The number of hydrogen-bond acceptors (Lipinski definition) is 2. The Balaban J connectivity index is 2.16. The Morgan fingerprint density at radius 1 is 1.33 bits per heavy atom. The van der Waals surface area contributed by atoms with Crippen molar-refractivity contribution >= 4 is 11.6 Å². The second-order valence-electron chi connectivity index (χ2n) is 4.32. The Morgan fingerprint density at radius 3 is 2.78 bits per heavy atom. The second kappa shape index (κ2) is 5.46. The maximum atomic E-state index is 13.0. The van der Waals surface area contributed by atoms with Gasteiger partial charge in [-0.3, -0.25) is 4.98 Å². The van der Waals surface area contributed by atoms with Gasteiger partial charge in [0, 0.05) is 6.20 Å². The molecule has 0 aliphatic rings. The fourth-order valence-corrected chi connectivity index (χ4v) is 1.99. The smallest absolute Gasteiger partial charge is 0.141 e. The van der Waals surface area contributed by atoms with Gasteiger partial charge in [-0.15, -0.1) is 0 Å². The summed E-state index contributed by atoms with van der Waals surface area (Å²) >= 11 is 5.74. The first-order valence-corrected chi connectivity index (χ1v) is 6.06. The first-order chi connectivity index (χ1) is 8.56. The Kier molecular flexibility index (Phi) is 3.94. The SMILES string of the molecule is Cc1ccnc(C(N)Cc2ccc(F)c(Cl)c2)c1. The van der Waals surface area contributed by atoms with Crippen molar-refractivity contribution in [2.75, 3.05) is 0 Å². The minimum absolute atomic E-state index is 0.122. The number of hydrogen-bond donors (Lipinski definition) is 1. The van der Waals surface area contributed by atoms with Crippen molar-refractivity contribution in [2.45, 2.75) is 19.4 Å². The molecule has 2 nitrogen and oxygen atoms in total. The minimum Gasteiger partial charge on any atom is -0.322 e. The lowest BCUT2D eigenvalue weighted by molar-refractivity contribution is 0.625. The molecule has 0 saturated heterocycles. The van der Waals surface area contributed by atoms with Gasteiger partial charge in [-0.05, 0) is 48.7 Å². The molecule has 18 heavy (non-hydrogen) atoms. The number of aromatic nitrogens is 1. The largest absolute Gasteiger partial charge is 0.322 e. The fraction of sp³-hybridized carbons (Fsp3) is 0.214. The summed E-state index contributed by atoms with van der Waals surface area (Å²) in [6, 6.07) is 8.31. The van der Waals surface area contributed by atoms with Gasteiger partial charge in [0.15, 0.2) is 0 Å². The molecule has 2 N–H and O–H groups in total. The minimum atomic E-state index is -0.414. The molecule has 1 unspecified atom stereocenters. The lowest BCUT2D eigenvalue weighted by Gasteiger charge is -2.12. The fourth-order valence-electron chi connectivity index (χ4n) is 1.79. The van der Waals surface area contributed by atoms with Crippen LogP contribution in [0.4, 0.5) is 4.39 Å². The topological polar surface area (TPSA) is 38.9 Å². The number of nitrogens with two attached hydrogens (primary N) is 1. The monoisotopic (exact) mass is 264 g/mol. The lowest BCUT2D eigenvalue weighted by Crippen LogP contribution is -2.15. The zero-order chi connectivity index (χ0) is 13.1. The molecule has 2 rings (SSSR count). The highest BCUT2D eigenvalue weighted by molar-refractivity contribution is 6.30. The van der Waals surface area contributed by atoms with Crippen molar-refractivity contribution in [1.82, 2.24) is 4.98 Å². The van der Waals surface area contributed by atoms with Crippen LogP contribution in [0.25, 0.3) is 0 Å². The highest BCUT2D eigenvalue weighted by Crippen LogP contribution is 2.20. The molecule has 0 radical (unpaired) electrons. The molecule has 1 heterocycles. The van der Waals surface area contributed by atoms with Crippen LogP contribution in [0, 0.1) is 12.7 Å². The van der Waals surface area contributed by atoms with E-state index >= 15 is 0 Å². The average Bonchev–Trinajstić information content (AvgIpc) is 2.34. The van der Waals surface area contributed by atoms with Gasteiger partial charge in [0.25, 0.3) is 0 Å². The maximum Gasteiger partial charge on any atom is 0.141 e. The van der Waals surface area contributed by atoms with Crippen molar-refractivity contribution in [2.24, 2.45) is 5.73 Å². The summed E-state index contributed by atoms with van der Waals surface area (Å²) in [5, 5.41) is 0.122. The van der Waals surface area contributed by atoms with Crippen LogP contribution < -0.4 is 5.73 Å². The molecule has 4 heteroatoms. The van der Waals surface area contributed by atoms with E-state index in [-0.39, 0.29) is 11.1 Å². The van der Waals surface area contributed by atoms with E-state index in [9.17, 15) is 4.39 Å². The summed E-state index contributed by atoms with van der Waals surface area (Å²) in [4.78, 5) is 4.24. The van der Waals surface area contributed by atoms with Crippen LogP contribution in [0.3, 0.4) is 0 Å². The van der Waals surface area contributed by atoms with E-state index in [1.165, 1.54) is 6.07 Å². The van der Waals surface area contributed by atoms with Crippen molar-refractivity contribution in [1.29, 1.82) is 0 Å². The molecule has 1 aromatic carbocycles. The lowest BCUT2D eigenvalue weighted by atomic mass is 10.0. The van der Waals surface area contributed by atoms with Gasteiger partial charge in [0.05, 0.1) is 16.8 Å². The highest BCUT2D eigenvalue weighted by Gasteiger charge is 2.10. The maximum absolute atomic E-state index is 13.0. The summed E-state index contributed by atoms with van der Waals surface area (Å²) < 4.78 is 13.0. The zero-order valence-corrected chi connectivity index (χ0v) is 10.8. The Morgan fingerprint density at radius 2 is 2.11 bits per heavy atom. The molecule has 0 fully saturated rings. The zero-order valence-electron chi connectivity index (χ0n) is 10.0. The number of nitrogens with zero attached hydrogens (tertiary/aromatic N) is 1. The van der Waals surface area contributed by atoms with Crippen LogP contribution in [0.5, 0.6) is 0 Å². The van der Waals surface area contributed by atoms with E-state index in [1.54, 1.807) is 18.3 Å². The number of aryl methyl sites for hydroxylation is 1. The molecule has 0 bridgehead atoms. The van der Waals surface area contributed by atoms with Crippen molar-refractivity contribution in [3.63, 3.8) is 0 Å². The van der Waals surface area contributed by atoms with Crippen LogP contribution in [-0.4, -0.2) is 4.98 Å². The summed E-state index contributed by atoms with van der Waals surface area (Å²) in [6.07, 6.45) is 2.32. The van der Waals surface area contributed by atoms with Crippen LogP contribution >= 0.6 is 11.6 Å². The third kappa shape index (κ3) is 3.06.